The molecule has 2 saturated heterocycles. The van der Waals surface area contributed by atoms with Gasteiger partial charge in [0.1, 0.15) is 0 Å². The molecular formula is C16H24N2O2. The molecule has 0 radical (unpaired) electrons. The van der Waals surface area contributed by atoms with Gasteiger partial charge in [0, 0.05) is 13.1 Å². The van der Waals surface area contributed by atoms with Crippen molar-refractivity contribution in [3.8, 4) is 11.5 Å². The summed E-state index contributed by atoms with van der Waals surface area (Å²) in [5.74, 6) is 0.783. The fraction of sp³-hybridized carbons (Fsp3) is 0.625. The van der Waals surface area contributed by atoms with Crippen molar-refractivity contribution < 1.29 is 9.84 Å². The summed E-state index contributed by atoms with van der Waals surface area (Å²) in [5.41, 5.74) is 1.70. The van der Waals surface area contributed by atoms with E-state index in [2.05, 4.69) is 10.2 Å². The Bertz CT molecular complexity index is 470. The molecule has 2 N–H and O–H groups in total. The van der Waals surface area contributed by atoms with E-state index in [1.807, 2.05) is 18.2 Å². The number of rotatable bonds is 3. The van der Waals surface area contributed by atoms with Crippen molar-refractivity contribution >= 4 is 0 Å². The maximum atomic E-state index is 9.86. The van der Waals surface area contributed by atoms with Gasteiger partial charge in [-0.1, -0.05) is 6.07 Å². The summed E-state index contributed by atoms with van der Waals surface area (Å²) in [7, 11) is 1.58. The molecule has 4 nitrogen and oxygen atoms in total. The Morgan fingerprint density at radius 2 is 2.10 bits per heavy atom. The first-order valence-electron chi connectivity index (χ1n) is 7.50. The Balaban J connectivity index is 1.63. The second kappa shape index (κ2) is 5.62. The van der Waals surface area contributed by atoms with E-state index < -0.39 is 0 Å². The van der Waals surface area contributed by atoms with Gasteiger partial charge in [0.15, 0.2) is 11.5 Å². The van der Waals surface area contributed by atoms with Crippen molar-refractivity contribution in [1.29, 1.82) is 0 Å². The van der Waals surface area contributed by atoms with Gasteiger partial charge in [0.05, 0.1) is 7.11 Å². The van der Waals surface area contributed by atoms with E-state index >= 15 is 0 Å². The van der Waals surface area contributed by atoms with Gasteiger partial charge in [0.25, 0.3) is 0 Å². The number of aromatic hydroxyl groups is 1. The van der Waals surface area contributed by atoms with E-state index in [4.69, 9.17) is 4.74 Å². The van der Waals surface area contributed by atoms with Crippen molar-refractivity contribution in [3.63, 3.8) is 0 Å². The third kappa shape index (κ3) is 2.76. The van der Waals surface area contributed by atoms with E-state index in [9.17, 15) is 5.11 Å². The summed E-state index contributed by atoms with van der Waals surface area (Å²) in [4.78, 5) is 2.52. The molecule has 2 aliphatic rings. The molecule has 3 rings (SSSR count). The highest BCUT2D eigenvalue weighted by atomic mass is 16.5. The fourth-order valence-corrected chi connectivity index (χ4v) is 3.62. The molecule has 4 heteroatoms. The summed E-state index contributed by atoms with van der Waals surface area (Å²) >= 11 is 0. The van der Waals surface area contributed by atoms with Crippen molar-refractivity contribution in [3.05, 3.63) is 23.8 Å². The third-order valence-corrected chi connectivity index (χ3v) is 4.83. The van der Waals surface area contributed by atoms with Crippen LogP contribution in [0.4, 0.5) is 0 Å². The Morgan fingerprint density at radius 3 is 2.80 bits per heavy atom. The molecule has 2 aliphatic heterocycles. The molecule has 0 aliphatic carbocycles. The van der Waals surface area contributed by atoms with Gasteiger partial charge in [-0.15, -0.1) is 0 Å². The number of methoxy groups -OCH3 is 1. The standard InChI is InChI=1S/C16H24N2O2/c1-20-15-3-2-13(10-14(15)19)11-18-9-6-16(12-18)4-7-17-8-5-16/h2-3,10,17,19H,4-9,11-12H2,1H3. The summed E-state index contributed by atoms with van der Waals surface area (Å²) in [6.07, 6.45) is 3.92. The van der Waals surface area contributed by atoms with E-state index in [0.29, 0.717) is 11.2 Å². The van der Waals surface area contributed by atoms with Crippen molar-refractivity contribution in [2.75, 3.05) is 33.3 Å². The first-order chi connectivity index (χ1) is 9.71. The molecule has 1 aromatic carbocycles. The summed E-state index contributed by atoms with van der Waals surface area (Å²) in [6, 6.07) is 5.72. The van der Waals surface area contributed by atoms with E-state index in [1.54, 1.807) is 7.11 Å². The largest absolute Gasteiger partial charge is 0.504 e. The minimum atomic E-state index is 0.237. The zero-order chi connectivity index (χ0) is 14.0. The quantitative estimate of drug-likeness (QED) is 0.886. The molecule has 0 atom stereocenters. The lowest BCUT2D eigenvalue weighted by Crippen LogP contribution is -2.38. The molecule has 1 aromatic rings. The van der Waals surface area contributed by atoms with Crippen LogP contribution in [0.2, 0.25) is 0 Å². The third-order valence-electron chi connectivity index (χ3n) is 4.83. The van der Waals surface area contributed by atoms with Gasteiger partial charge in [-0.25, -0.2) is 0 Å². The maximum Gasteiger partial charge on any atom is 0.160 e. The van der Waals surface area contributed by atoms with Crippen LogP contribution in [0.3, 0.4) is 0 Å². The number of phenolic OH excluding ortho intramolecular Hbond substituents is 1. The summed E-state index contributed by atoms with van der Waals surface area (Å²) in [5, 5.41) is 13.3. The molecule has 2 heterocycles. The van der Waals surface area contributed by atoms with Crippen LogP contribution in [-0.4, -0.2) is 43.3 Å². The minimum Gasteiger partial charge on any atom is -0.504 e. The molecule has 0 aromatic heterocycles. The van der Waals surface area contributed by atoms with Crippen LogP contribution in [0.5, 0.6) is 11.5 Å². The zero-order valence-electron chi connectivity index (χ0n) is 12.2. The van der Waals surface area contributed by atoms with E-state index in [1.165, 1.54) is 32.4 Å². The Kier molecular flexibility index (Phi) is 3.85. The first kappa shape index (κ1) is 13.7. The molecular weight excluding hydrogens is 252 g/mol. The SMILES string of the molecule is COc1ccc(CN2CCC3(CCNCC3)C2)cc1O. The van der Waals surface area contributed by atoms with Crippen molar-refractivity contribution in [2.24, 2.45) is 5.41 Å². The average molecular weight is 276 g/mol. The molecule has 0 amide bonds. The number of ether oxygens (including phenoxy) is 1. The van der Waals surface area contributed by atoms with Crippen LogP contribution in [0.1, 0.15) is 24.8 Å². The highest BCUT2D eigenvalue weighted by molar-refractivity contribution is 5.41. The van der Waals surface area contributed by atoms with E-state index in [-0.39, 0.29) is 5.75 Å². The van der Waals surface area contributed by atoms with Gasteiger partial charge in [-0.2, -0.15) is 0 Å². The lowest BCUT2D eigenvalue weighted by molar-refractivity contribution is 0.194. The average Bonchev–Trinajstić information content (AvgIpc) is 2.82. The molecule has 2 fully saturated rings. The Morgan fingerprint density at radius 1 is 1.30 bits per heavy atom. The number of benzene rings is 1. The Labute approximate surface area is 120 Å². The molecule has 0 bridgehead atoms. The highest BCUT2D eigenvalue weighted by Gasteiger charge is 2.38. The van der Waals surface area contributed by atoms with Crippen LogP contribution in [0.15, 0.2) is 18.2 Å². The number of nitrogens with zero attached hydrogens (tertiary/aromatic N) is 1. The van der Waals surface area contributed by atoms with Gasteiger partial charge in [-0.3, -0.25) is 4.90 Å². The van der Waals surface area contributed by atoms with Crippen LogP contribution >= 0.6 is 0 Å². The van der Waals surface area contributed by atoms with Gasteiger partial charge in [-0.05, 0) is 62.0 Å². The van der Waals surface area contributed by atoms with Crippen LogP contribution in [0, 0.1) is 5.41 Å². The number of nitrogens with one attached hydrogen (secondary N) is 1. The maximum absolute atomic E-state index is 9.86. The summed E-state index contributed by atoms with van der Waals surface area (Å²) in [6.45, 7) is 5.62. The molecule has 1 spiro atoms. The molecule has 110 valence electrons. The predicted octanol–water partition coefficient (Wildman–Crippen LogP) is 1.98. The first-order valence-corrected chi connectivity index (χ1v) is 7.50. The number of likely N-dealkylation sites (tertiary alicyclic amines) is 1. The predicted molar refractivity (Wildman–Crippen MR) is 79.1 cm³/mol. The van der Waals surface area contributed by atoms with Gasteiger partial charge >= 0.3 is 0 Å². The number of piperidine rings is 1. The molecule has 0 unspecified atom stereocenters. The monoisotopic (exact) mass is 276 g/mol. The Hall–Kier alpha value is -1.26. The van der Waals surface area contributed by atoms with Crippen molar-refractivity contribution in [1.82, 2.24) is 10.2 Å². The van der Waals surface area contributed by atoms with Crippen LogP contribution in [-0.2, 0) is 6.54 Å². The summed E-state index contributed by atoms with van der Waals surface area (Å²) < 4.78 is 5.09. The molecule has 20 heavy (non-hydrogen) atoms. The molecule has 0 saturated carbocycles. The van der Waals surface area contributed by atoms with Crippen molar-refractivity contribution in [2.45, 2.75) is 25.8 Å². The van der Waals surface area contributed by atoms with Crippen LogP contribution in [0.25, 0.3) is 0 Å². The van der Waals surface area contributed by atoms with E-state index in [0.717, 1.165) is 25.2 Å². The minimum absolute atomic E-state index is 0.237. The van der Waals surface area contributed by atoms with Gasteiger partial charge < -0.3 is 15.2 Å². The number of hydrogen-bond donors (Lipinski definition) is 2. The second-order valence-electron chi connectivity index (χ2n) is 6.22. The lowest BCUT2D eigenvalue weighted by Gasteiger charge is -2.33. The highest BCUT2D eigenvalue weighted by Crippen LogP contribution is 2.39. The van der Waals surface area contributed by atoms with Gasteiger partial charge in [0.2, 0.25) is 0 Å². The van der Waals surface area contributed by atoms with Crippen LogP contribution < -0.4 is 10.1 Å². The second-order valence-corrected chi connectivity index (χ2v) is 6.22. The topological polar surface area (TPSA) is 44.7 Å². The smallest absolute Gasteiger partial charge is 0.160 e. The number of phenols is 1. The fourth-order valence-electron chi connectivity index (χ4n) is 3.62. The lowest BCUT2D eigenvalue weighted by atomic mass is 9.78. The normalized spacial score (nSPS) is 22.2. The zero-order valence-corrected chi connectivity index (χ0v) is 12.2. The number of hydrogen-bond acceptors (Lipinski definition) is 4.